The number of hydrogen-bond acceptors (Lipinski definition) is 2. The Bertz CT molecular complexity index is 268. The van der Waals surface area contributed by atoms with Crippen molar-refractivity contribution in [1.82, 2.24) is 14.8 Å². The highest BCUT2D eigenvalue weighted by Crippen LogP contribution is 2.11. The number of aromatic nitrogens is 3. The molecule has 0 bridgehead atoms. The minimum atomic E-state index is 0.411. The van der Waals surface area contributed by atoms with Crippen LogP contribution in [0.5, 0.6) is 0 Å². The van der Waals surface area contributed by atoms with Gasteiger partial charge in [0.2, 0.25) is 0 Å². The molecule has 0 saturated carbocycles. The molecule has 80 valence electrons. The summed E-state index contributed by atoms with van der Waals surface area (Å²) in [5.74, 6) is 1.10. The zero-order valence-corrected chi connectivity index (χ0v) is 10.7. The van der Waals surface area contributed by atoms with Gasteiger partial charge in [-0.2, -0.15) is 5.10 Å². The summed E-state index contributed by atoms with van der Waals surface area (Å²) < 4.78 is 2.00. The summed E-state index contributed by atoms with van der Waals surface area (Å²) in [4.78, 5) is 4.87. The van der Waals surface area contributed by atoms with E-state index >= 15 is 0 Å². The van der Waals surface area contributed by atoms with Crippen molar-refractivity contribution >= 4 is 15.9 Å². The fourth-order valence-electron chi connectivity index (χ4n) is 1.43. The first kappa shape index (κ1) is 11.7. The molecule has 0 aliphatic heterocycles. The Labute approximate surface area is 94.0 Å². The van der Waals surface area contributed by atoms with Crippen LogP contribution in [-0.4, -0.2) is 19.6 Å². The van der Waals surface area contributed by atoms with Crippen LogP contribution in [0.4, 0.5) is 0 Å². The first-order chi connectivity index (χ1) is 6.61. The zero-order valence-electron chi connectivity index (χ0n) is 9.07. The largest absolute Gasteiger partial charge is 0.248 e. The van der Waals surface area contributed by atoms with Crippen molar-refractivity contribution in [2.75, 3.05) is 0 Å². The molecule has 1 unspecified atom stereocenters. The smallest absolute Gasteiger partial charge is 0.138 e. The molecule has 14 heavy (non-hydrogen) atoms. The second-order valence-electron chi connectivity index (χ2n) is 3.89. The molecule has 0 radical (unpaired) electrons. The lowest BCUT2D eigenvalue weighted by atomic mass is 10.2. The minimum Gasteiger partial charge on any atom is -0.248 e. The molecular formula is C10H18BrN3. The molecule has 4 heteroatoms. The molecule has 1 heterocycles. The van der Waals surface area contributed by atoms with Crippen molar-refractivity contribution in [3.63, 3.8) is 0 Å². The lowest BCUT2D eigenvalue weighted by Crippen LogP contribution is -2.08. The zero-order chi connectivity index (χ0) is 10.6. The second kappa shape index (κ2) is 5.49. The Morgan fingerprint density at radius 3 is 2.71 bits per heavy atom. The molecule has 1 atom stereocenters. The molecule has 1 rings (SSSR count). The number of aryl methyl sites for hydroxylation is 1. The maximum atomic E-state index is 4.27. The lowest BCUT2D eigenvalue weighted by molar-refractivity contribution is 0.498. The van der Waals surface area contributed by atoms with E-state index in [0.717, 1.165) is 18.7 Å². The number of hydrogen-bond donors (Lipinski definition) is 0. The molecule has 0 N–H and O–H groups in total. The third kappa shape index (κ3) is 3.40. The normalized spacial score (nSPS) is 13.5. The SMILES string of the molecule is CC(Br)CCCc1ncnn1C(C)C. The molecule has 0 saturated heterocycles. The van der Waals surface area contributed by atoms with E-state index in [2.05, 4.69) is 46.8 Å². The van der Waals surface area contributed by atoms with Gasteiger partial charge < -0.3 is 0 Å². The first-order valence-corrected chi connectivity index (χ1v) is 6.05. The van der Waals surface area contributed by atoms with Crippen LogP contribution in [0.3, 0.4) is 0 Å². The van der Waals surface area contributed by atoms with Gasteiger partial charge in [0.05, 0.1) is 0 Å². The summed E-state index contributed by atoms with van der Waals surface area (Å²) in [6.45, 7) is 6.43. The molecule has 0 spiro atoms. The highest BCUT2D eigenvalue weighted by molar-refractivity contribution is 9.09. The summed E-state index contributed by atoms with van der Waals surface area (Å²) in [7, 11) is 0. The molecular weight excluding hydrogens is 242 g/mol. The van der Waals surface area contributed by atoms with Crippen molar-refractivity contribution in [1.29, 1.82) is 0 Å². The predicted octanol–water partition coefficient (Wildman–Crippen LogP) is 2.97. The third-order valence-electron chi connectivity index (χ3n) is 2.14. The minimum absolute atomic E-state index is 0.411. The van der Waals surface area contributed by atoms with Crippen molar-refractivity contribution in [3.8, 4) is 0 Å². The Morgan fingerprint density at radius 1 is 1.43 bits per heavy atom. The predicted molar refractivity (Wildman–Crippen MR) is 61.7 cm³/mol. The number of rotatable bonds is 5. The average molecular weight is 260 g/mol. The van der Waals surface area contributed by atoms with Gasteiger partial charge in [0.1, 0.15) is 12.2 Å². The van der Waals surface area contributed by atoms with Gasteiger partial charge in [-0.1, -0.05) is 22.9 Å². The van der Waals surface area contributed by atoms with Crippen molar-refractivity contribution < 1.29 is 0 Å². The molecule has 0 aliphatic carbocycles. The molecule has 1 aromatic heterocycles. The van der Waals surface area contributed by atoms with Crippen LogP contribution in [0.2, 0.25) is 0 Å². The average Bonchev–Trinajstić information content (AvgIpc) is 2.51. The first-order valence-electron chi connectivity index (χ1n) is 5.13. The Hall–Kier alpha value is -0.380. The van der Waals surface area contributed by atoms with Crippen LogP contribution >= 0.6 is 15.9 Å². The van der Waals surface area contributed by atoms with Crippen LogP contribution in [0.1, 0.15) is 45.5 Å². The van der Waals surface area contributed by atoms with Crippen molar-refractivity contribution in [2.24, 2.45) is 0 Å². The van der Waals surface area contributed by atoms with Crippen LogP contribution < -0.4 is 0 Å². The monoisotopic (exact) mass is 259 g/mol. The standard InChI is InChI=1S/C10H18BrN3/c1-8(2)14-10(12-7-13-14)6-4-5-9(3)11/h7-9H,4-6H2,1-3H3. The van der Waals surface area contributed by atoms with E-state index in [4.69, 9.17) is 0 Å². The Morgan fingerprint density at radius 2 is 2.14 bits per heavy atom. The van der Waals surface area contributed by atoms with Gasteiger partial charge in [0, 0.05) is 17.3 Å². The molecule has 1 aromatic rings. The summed E-state index contributed by atoms with van der Waals surface area (Å²) in [5.41, 5.74) is 0. The van der Waals surface area contributed by atoms with E-state index < -0.39 is 0 Å². The highest BCUT2D eigenvalue weighted by atomic mass is 79.9. The Kier molecular flexibility index (Phi) is 4.58. The maximum Gasteiger partial charge on any atom is 0.138 e. The van der Waals surface area contributed by atoms with Crippen LogP contribution in [-0.2, 0) is 6.42 Å². The van der Waals surface area contributed by atoms with Crippen LogP contribution in [0, 0.1) is 0 Å². The number of halogens is 1. The van der Waals surface area contributed by atoms with Gasteiger partial charge in [-0.3, -0.25) is 0 Å². The number of alkyl halides is 1. The summed E-state index contributed by atoms with van der Waals surface area (Å²) in [5, 5.41) is 4.21. The van der Waals surface area contributed by atoms with E-state index in [1.807, 2.05) is 4.68 Å². The van der Waals surface area contributed by atoms with Gasteiger partial charge >= 0.3 is 0 Å². The fourth-order valence-corrected chi connectivity index (χ4v) is 1.75. The topological polar surface area (TPSA) is 30.7 Å². The highest BCUT2D eigenvalue weighted by Gasteiger charge is 2.07. The molecule has 0 aliphatic rings. The quantitative estimate of drug-likeness (QED) is 0.762. The van der Waals surface area contributed by atoms with Gasteiger partial charge in [-0.15, -0.1) is 0 Å². The molecule has 0 fully saturated rings. The lowest BCUT2D eigenvalue weighted by Gasteiger charge is -2.09. The van der Waals surface area contributed by atoms with Crippen molar-refractivity contribution in [3.05, 3.63) is 12.2 Å². The van der Waals surface area contributed by atoms with E-state index in [9.17, 15) is 0 Å². The Balaban J connectivity index is 2.46. The number of nitrogens with zero attached hydrogens (tertiary/aromatic N) is 3. The van der Waals surface area contributed by atoms with Gasteiger partial charge in [0.15, 0.2) is 0 Å². The fraction of sp³-hybridized carbons (Fsp3) is 0.800. The van der Waals surface area contributed by atoms with E-state index in [-0.39, 0.29) is 0 Å². The van der Waals surface area contributed by atoms with Gasteiger partial charge in [-0.05, 0) is 26.7 Å². The van der Waals surface area contributed by atoms with E-state index in [1.165, 1.54) is 6.42 Å². The summed E-state index contributed by atoms with van der Waals surface area (Å²) in [6, 6.07) is 0.411. The molecule has 0 aromatic carbocycles. The third-order valence-corrected chi connectivity index (χ3v) is 2.60. The van der Waals surface area contributed by atoms with E-state index in [1.54, 1.807) is 6.33 Å². The summed E-state index contributed by atoms with van der Waals surface area (Å²) in [6.07, 6.45) is 5.02. The summed E-state index contributed by atoms with van der Waals surface area (Å²) >= 11 is 3.54. The van der Waals surface area contributed by atoms with Gasteiger partial charge in [0.25, 0.3) is 0 Å². The molecule has 0 amide bonds. The van der Waals surface area contributed by atoms with E-state index in [0.29, 0.717) is 10.9 Å². The maximum absolute atomic E-state index is 4.27. The van der Waals surface area contributed by atoms with Crippen LogP contribution in [0.25, 0.3) is 0 Å². The molecule has 3 nitrogen and oxygen atoms in total. The van der Waals surface area contributed by atoms with Crippen molar-refractivity contribution in [2.45, 2.75) is 50.9 Å². The van der Waals surface area contributed by atoms with Gasteiger partial charge in [-0.25, -0.2) is 9.67 Å². The van der Waals surface area contributed by atoms with Crippen LogP contribution in [0.15, 0.2) is 6.33 Å². The second-order valence-corrected chi connectivity index (χ2v) is 5.45.